The molecule has 17 heavy (non-hydrogen) atoms. The normalized spacial score (nSPS) is 13.1. The highest BCUT2D eigenvalue weighted by Crippen LogP contribution is 2.31. The van der Waals surface area contributed by atoms with Crippen LogP contribution in [0.5, 0.6) is 0 Å². The number of benzene rings is 1. The van der Waals surface area contributed by atoms with E-state index in [4.69, 9.17) is 0 Å². The second-order valence-corrected chi connectivity index (χ2v) is 17.3. The molecule has 1 aromatic rings. The fourth-order valence-electron chi connectivity index (χ4n) is 1.45. The van der Waals surface area contributed by atoms with Crippen molar-refractivity contribution < 1.29 is 0 Å². The maximum absolute atomic E-state index is 2.43. The molecule has 0 saturated heterocycles. The molecule has 0 aliphatic heterocycles. The van der Waals surface area contributed by atoms with E-state index < -0.39 is 0 Å². The Morgan fingerprint density at radius 2 is 1.41 bits per heavy atom. The average Bonchev–Trinajstić information content (AvgIpc) is 2.15. The highest BCUT2D eigenvalue weighted by molar-refractivity contribution is 7.44. The van der Waals surface area contributed by atoms with Gasteiger partial charge in [-0.2, -0.15) is 0 Å². The van der Waals surface area contributed by atoms with Crippen molar-refractivity contribution in [3.8, 4) is 0 Å². The van der Waals surface area contributed by atoms with Crippen LogP contribution >= 0.6 is 0 Å². The van der Waals surface area contributed by atoms with Gasteiger partial charge in [0.2, 0.25) is 0 Å². The summed E-state index contributed by atoms with van der Waals surface area (Å²) in [5.41, 5.74) is 0. The minimum atomic E-state index is -0.314. The van der Waals surface area contributed by atoms with Crippen molar-refractivity contribution in [3.63, 3.8) is 0 Å². The first-order chi connectivity index (χ1) is 7.68. The fraction of sp³-hybridized carbons (Fsp3) is 0.571. The highest BCUT2D eigenvalue weighted by Gasteiger charge is 2.31. The molecule has 1 aromatic carbocycles. The maximum atomic E-state index is 2.43. The molecule has 0 heterocycles. The van der Waals surface area contributed by atoms with Crippen LogP contribution in [0.3, 0.4) is 0 Å². The Balaban J connectivity index is 2.79. The van der Waals surface area contributed by atoms with E-state index in [1.54, 1.807) is 5.19 Å². The van der Waals surface area contributed by atoms with Crippen LogP contribution in [0.4, 0.5) is 0 Å². The lowest BCUT2D eigenvalue weighted by Gasteiger charge is -2.33. The summed E-state index contributed by atoms with van der Waals surface area (Å²) in [4.78, 5) is 0. The van der Waals surface area contributed by atoms with Gasteiger partial charge in [0, 0.05) is 16.9 Å². The molecule has 3 heteroatoms. The van der Waals surface area contributed by atoms with Crippen molar-refractivity contribution in [2.45, 2.75) is 51.6 Å². The van der Waals surface area contributed by atoms with Gasteiger partial charge in [0.05, 0.1) is 9.04 Å². The van der Waals surface area contributed by atoms with Crippen molar-refractivity contribution in [1.82, 2.24) is 0 Å². The zero-order valence-corrected chi connectivity index (χ0v) is 14.9. The topological polar surface area (TPSA) is 0 Å². The molecule has 0 amide bonds. The largest absolute Gasteiger partial charge is 0.0678 e. The summed E-state index contributed by atoms with van der Waals surface area (Å²) in [7, 11) is 1.84. The monoisotopic (exact) mass is 275 g/mol. The molecule has 0 N–H and O–H groups in total. The molecule has 0 aliphatic carbocycles. The van der Waals surface area contributed by atoms with E-state index in [-0.39, 0.29) is 7.83 Å². The number of hydrogen-bond donors (Lipinski definition) is 0. The summed E-state index contributed by atoms with van der Waals surface area (Å²) < 4.78 is 0. The van der Waals surface area contributed by atoms with Crippen LogP contribution in [-0.2, 0) is 0 Å². The van der Waals surface area contributed by atoms with Gasteiger partial charge in [-0.15, -0.1) is 0 Å². The predicted molar refractivity (Wildman–Crippen MR) is 82.8 cm³/mol. The lowest BCUT2D eigenvalue weighted by atomic mass is 10.2. The fourth-order valence-corrected chi connectivity index (χ4v) is 14.9. The second-order valence-electron chi connectivity index (χ2n) is 6.49. The minimum absolute atomic E-state index is 0.314. The smallest absolute Gasteiger partial charge is 0.0652 e. The van der Waals surface area contributed by atoms with Gasteiger partial charge in [0.1, 0.15) is 0 Å². The summed E-state index contributed by atoms with van der Waals surface area (Å²) in [5, 5.41) is 2.54. The van der Waals surface area contributed by atoms with Crippen molar-refractivity contribution in [2.24, 2.45) is 0 Å². The van der Waals surface area contributed by atoms with Crippen molar-refractivity contribution in [2.75, 3.05) is 0 Å². The summed E-state index contributed by atoms with van der Waals surface area (Å²) in [6.07, 6.45) is 0. The minimum Gasteiger partial charge on any atom is -0.0678 e. The molecule has 1 rings (SSSR count). The molecule has 91 valence electrons. The van der Waals surface area contributed by atoms with E-state index in [0.717, 1.165) is 18.1 Å². The Hall–Kier alpha value is -0.129. The van der Waals surface area contributed by atoms with E-state index in [0.29, 0.717) is 10.1 Å². The summed E-state index contributed by atoms with van der Waals surface area (Å²) >= 11 is 0. The van der Waals surface area contributed by atoms with Gasteiger partial charge in [-0.1, -0.05) is 77.1 Å². The van der Waals surface area contributed by atoms with Crippen LogP contribution in [0, 0.1) is 0 Å². The molecule has 0 fully saturated rings. The van der Waals surface area contributed by atoms with Crippen LogP contribution in [-0.4, -0.2) is 25.9 Å². The Labute approximate surface area is 113 Å². The molecule has 0 atom stereocenters. The zero-order chi connectivity index (χ0) is 13.1. The third-order valence-electron chi connectivity index (χ3n) is 2.29. The first-order valence-corrected chi connectivity index (χ1v) is 11.7. The average molecular weight is 276 g/mol. The van der Waals surface area contributed by atoms with Crippen LogP contribution < -0.4 is 5.19 Å². The molecule has 0 aromatic heterocycles. The summed E-state index contributed by atoms with van der Waals surface area (Å²) in [6, 6.07) is 11.0. The third-order valence-corrected chi connectivity index (χ3v) is 17.0. The Morgan fingerprint density at radius 1 is 0.882 bits per heavy atom. The summed E-state index contributed by atoms with van der Waals surface area (Å²) in [6.45, 7) is 14.4. The molecule has 0 nitrogen and oxygen atoms in total. The van der Waals surface area contributed by atoms with Gasteiger partial charge in [0.25, 0.3) is 0 Å². The molecular formula is C14H23Si3. The molecular weight excluding hydrogens is 252 g/mol. The molecule has 0 spiro atoms. The summed E-state index contributed by atoms with van der Waals surface area (Å²) in [5.74, 6) is 0. The van der Waals surface area contributed by atoms with E-state index >= 15 is 0 Å². The second kappa shape index (κ2) is 5.67. The van der Waals surface area contributed by atoms with E-state index in [1.165, 1.54) is 0 Å². The standard InChI is InChI=1S/C14H23Si3/c1-13(2,3)16-17(14(4,5)6)15-12-10-8-7-9-11-12/h7-11H,1-6H3. The Morgan fingerprint density at radius 3 is 1.82 bits per heavy atom. The molecule has 0 bridgehead atoms. The highest BCUT2D eigenvalue weighted by atomic mass is 29.6. The van der Waals surface area contributed by atoms with Gasteiger partial charge >= 0.3 is 0 Å². The molecule has 0 aliphatic rings. The van der Waals surface area contributed by atoms with Crippen molar-refractivity contribution in [3.05, 3.63) is 30.3 Å². The van der Waals surface area contributed by atoms with Crippen LogP contribution in [0.2, 0.25) is 10.1 Å². The molecule has 0 saturated carbocycles. The molecule has 0 unspecified atom stereocenters. The zero-order valence-electron chi connectivity index (χ0n) is 11.9. The third kappa shape index (κ3) is 5.84. The van der Waals surface area contributed by atoms with Gasteiger partial charge in [-0.3, -0.25) is 0 Å². The number of hydrogen-bond acceptors (Lipinski definition) is 0. The quantitative estimate of drug-likeness (QED) is 0.743. The van der Waals surface area contributed by atoms with Crippen LogP contribution in [0.1, 0.15) is 41.5 Å². The van der Waals surface area contributed by atoms with E-state index in [2.05, 4.69) is 71.9 Å². The Bertz CT molecular complexity index is 333. The number of rotatable bonds is 3. The van der Waals surface area contributed by atoms with E-state index in [1.807, 2.05) is 0 Å². The lowest BCUT2D eigenvalue weighted by Crippen LogP contribution is -2.47. The van der Waals surface area contributed by atoms with Crippen LogP contribution in [0.25, 0.3) is 0 Å². The predicted octanol–water partition coefficient (Wildman–Crippen LogP) is 3.23. The van der Waals surface area contributed by atoms with Crippen LogP contribution in [0.15, 0.2) is 30.3 Å². The van der Waals surface area contributed by atoms with Gasteiger partial charge in [0.15, 0.2) is 0 Å². The van der Waals surface area contributed by atoms with Crippen molar-refractivity contribution in [1.29, 1.82) is 0 Å². The maximum Gasteiger partial charge on any atom is 0.0652 e. The van der Waals surface area contributed by atoms with Gasteiger partial charge in [-0.25, -0.2) is 0 Å². The SMILES string of the molecule is CC(C)(C)[Si][Si]([Si]c1ccccc1)C(C)(C)C. The Kier molecular flexibility index (Phi) is 4.98. The first-order valence-electron chi connectivity index (χ1n) is 6.16. The van der Waals surface area contributed by atoms with E-state index in [9.17, 15) is 0 Å². The van der Waals surface area contributed by atoms with Crippen molar-refractivity contribution >= 4 is 31.1 Å². The first kappa shape index (κ1) is 14.9. The van der Waals surface area contributed by atoms with Gasteiger partial charge < -0.3 is 0 Å². The molecule has 5 radical (unpaired) electrons. The lowest BCUT2D eigenvalue weighted by molar-refractivity contribution is 0.738. The van der Waals surface area contributed by atoms with Gasteiger partial charge in [-0.05, 0) is 10.1 Å².